The van der Waals surface area contributed by atoms with E-state index < -0.39 is 0 Å². The summed E-state index contributed by atoms with van der Waals surface area (Å²) in [6.45, 7) is 7.78. The van der Waals surface area contributed by atoms with E-state index in [4.69, 9.17) is 0 Å². The van der Waals surface area contributed by atoms with Gasteiger partial charge in [-0.15, -0.1) is 0 Å². The molecule has 1 fully saturated rings. The number of carbonyl (C=O) groups is 2. The average molecular weight is 279 g/mol. The highest BCUT2D eigenvalue weighted by Crippen LogP contribution is 2.21. The molecule has 5 nitrogen and oxygen atoms in total. The monoisotopic (exact) mass is 279 g/mol. The van der Waals surface area contributed by atoms with Crippen LogP contribution in [-0.2, 0) is 9.59 Å². The zero-order valence-corrected chi connectivity index (χ0v) is 12.5. The molecule has 0 atom stereocenters. The van der Waals surface area contributed by atoms with Gasteiger partial charge in [0.25, 0.3) is 0 Å². The maximum absolute atomic E-state index is 12.5. The second-order valence-electron chi connectivity index (χ2n) is 5.59. The molecule has 0 radical (unpaired) electrons. The predicted molar refractivity (Wildman–Crippen MR) is 77.9 cm³/mol. The van der Waals surface area contributed by atoms with Gasteiger partial charge in [0.1, 0.15) is 0 Å². The van der Waals surface area contributed by atoms with Crippen LogP contribution < -0.4 is 5.43 Å². The third-order valence-corrected chi connectivity index (χ3v) is 4.20. The van der Waals surface area contributed by atoms with E-state index in [2.05, 4.69) is 17.4 Å². The Hall–Kier alpha value is -1.20. The number of hydrazine groups is 1. The smallest absolute Gasteiger partial charge is 0.226 e. The molecule has 5 heteroatoms. The maximum atomic E-state index is 12.5. The van der Waals surface area contributed by atoms with Crippen LogP contribution in [0.3, 0.4) is 0 Å². The first-order valence-electron chi connectivity index (χ1n) is 7.59. The lowest BCUT2D eigenvalue weighted by atomic mass is 9.95. The van der Waals surface area contributed by atoms with Crippen LogP contribution in [0.4, 0.5) is 0 Å². The first-order valence-corrected chi connectivity index (χ1v) is 7.59. The summed E-state index contributed by atoms with van der Waals surface area (Å²) in [7, 11) is 0. The van der Waals surface area contributed by atoms with Crippen molar-refractivity contribution in [2.45, 2.75) is 33.1 Å². The topological polar surface area (TPSA) is 52.7 Å². The van der Waals surface area contributed by atoms with Crippen LogP contribution in [0.5, 0.6) is 0 Å². The second-order valence-corrected chi connectivity index (χ2v) is 5.59. The lowest BCUT2D eigenvalue weighted by Gasteiger charge is -2.35. The Morgan fingerprint density at radius 3 is 2.50 bits per heavy atom. The van der Waals surface area contributed by atoms with Gasteiger partial charge in [-0.3, -0.25) is 15.0 Å². The minimum atomic E-state index is 0.135. The number of nitrogens with zero attached hydrogens (tertiary/aromatic N) is 2. The normalized spacial score (nSPS) is 21.7. The Morgan fingerprint density at radius 2 is 2.00 bits per heavy atom. The SMILES string of the molecule is CCNN1CCC(C(=O)N2CC=C(C(C)=O)CC2)CC1. The van der Waals surface area contributed by atoms with Gasteiger partial charge in [-0.25, -0.2) is 5.01 Å². The van der Waals surface area contributed by atoms with E-state index in [1.165, 1.54) is 0 Å². The Morgan fingerprint density at radius 1 is 1.30 bits per heavy atom. The lowest BCUT2D eigenvalue weighted by molar-refractivity contribution is -0.137. The summed E-state index contributed by atoms with van der Waals surface area (Å²) in [6.07, 6.45) is 4.46. The second kappa shape index (κ2) is 6.99. The molecule has 0 aromatic rings. The number of carbonyl (C=O) groups excluding carboxylic acids is 2. The summed E-state index contributed by atoms with van der Waals surface area (Å²) in [6, 6.07) is 0. The van der Waals surface area contributed by atoms with Crippen molar-refractivity contribution in [2.24, 2.45) is 5.92 Å². The Bertz CT molecular complexity index is 398. The van der Waals surface area contributed by atoms with Crippen molar-refractivity contribution < 1.29 is 9.59 Å². The fraction of sp³-hybridized carbons (Fsp3) is 0.733. The molecule has 2 heterocycles. The van der Waals surface area contributed by atoms with Crippen LogP contribution >= 0.6 is 0 Å². The summed E-state index contributed by atoms with van der Waals surface area (Å²) in [5.74, 6) is 0.549. The van der Waals surface area contributed by atoms with Crippen molar-refractivity contribution in [1.29, 1.82) is 0 Å². The number of ketones is 1. The summed E-state index contributed by atoms with van der Waals surface area (Å²) in [5, 5.41) is 2.20. The van der Waals surface area contributed by atoms with Crippen LogP contribution in [0, 0.1) is 5.92 Å². The van der Waals surface area contributed by atoms with E-state index in [0.29, 0.717) is 19.5 Å². The highest BCUT2D eigenvalue weighted by Gasteiger charge is 2.29. The van der Waals surface area contributed by atoms with Gasteiger partial charge in [0.2, 0.25) is 5.91 Å². The largest absolute Gasteiger partial charge is 0.338 e. The van der Waals surface area contributed by atoms with Crippen LogP contribution in [-0.4, -0.2) is 54.3 Å². The van der Waals surface area contributed by atoms with Crippen molar-refractivity contribution in [3.63, 3.8) is 0 Å². The zero-order valence-electron chi connectivity index (χ0n) is 12.5. The van der Waals surface area contributed by atoms with E-state index in [-0.39, 0.29) is 17.6 Å². The zero-order chi connectivity index (χ0) is 14.5. The number of amides is 1. The molecule has 0 unspecified atom stereocenters. The van der Waals surface area contributed by atoms with E-state index in [1.54, 1.807) is 6.92 Å². The van der Waals surface area contributed by atoms with Gasteiger partial charge < -0.3 is 4.90 Å². The molecule has 0 aromatic carbocycles. The average Bonchev–Trinajstić information content (AvgIpc) is 2.48. The number of hydrogen-bond acceptors (Lipinski definition) is 4. The molecule has 0 spiro atoms. The third-order valence-electron chi connectivity index (χ3n) is 4.20. The molecule has 2 aliphatic rings. The molecule has 2 rings (SSSR count). The highest BCUT2D eigenvalue weighted by atomic mass is 16.2. The molecule has 112 valence electrons. The number of hydrogen-bond donors (Lipinski definition) is 1. The van der Waals surface area contributed by atoms with Gasteiger partial charge in [0.15, 0.2) is 5.78 Å². The van der Waals surface area contributed by atoms with E-state index in [0.717, 1.165) is 38.0 Å². The van der Waals surface area contributed by atoms with Gasteiger partial charge in [0, 0.05) is 38.6 Å². The van der Waals surface area contributed by atoms with E-state index >= 15 is 0 Å². The molecule has 0 aromatic heterocycles. The molecule has 0 bridgehead atoms. The van der Waals surface area contributed by atoms with Crippen molar-refractivity contribution in [3.8, 4) is 0 Å². The van der Waals surface area contributed by atoms with Crippen LogP contribution in [0.2, 0.25) is 0 Å². The van der Waals surface area contributed by atoms with Crippen molar-refractivity contribution in [2.75, 3.05) is 32.7 Å². The minimum Gasteiger partial charge on any atom is -0.338 e. The Kier molecular flexibility index (Phi) is 5.31. The van der Waals surface area contributed by atoms with Crippen LogP contribution in [0.15, 0.2) is 11.6 Å². The Labute approximate surface area is 121 Å². The van der Waals surface area contributed by atoms with Gasteiger partial charge in [0.05, 0.1) is 0 Å². The fourth-order valence-corrected chi connectivity index (χ4v) is 2.96. The number of rotatable bonds is 4. The summed E-state index contributed by atoms with van der Waals surface area (Å²) < 4.78 is 0. The molecule has 2 aliphatic heterocycles. The van der Waals surface area contributed by atoms with Crippen molar-refractivity contribution >= 4 is 11.7 Å². The Balaban J connectivity index is 1.83. The van der Waals surface area contributed by atoms with Gasteiger partial charge in [-0.1, -0.05) is 13.0 Å². The lowest BCUT2D eigenvalue weighted by Crippen LogP contribution is -2.48. The molecule has 20 heavy (non-hydrogen) atoms. The van der Waals surface area contributed by atoms with Gasteiger partial charge in [-0.2, -0.15) is 0 Å². The molecule has 1 N–H and O–H groups in total. The summed E-state index contributed by atoms with van der Waals surface area (Å²) in [5.41, 5.74) is 4.17. The third kappa shape index (κ3) is 3.67. The maximum Gasteiger partial charge on any atom is 0.226 e. The molecule has 1 saturated heterocycles. The molecule has 0 aliphatic carbocycles. The quantitative estimate of drug-likeness (QED) is 0.833. The summed E-state index contributed by atoms with van der Waals surface area (Å²) >= 11 is 0. The predicted octanol–water partition coefficient (Wildman–Crippen LogP) is 0.971. The fourth-order valence-electron chi connectivity index (χ4n) is 2.96. The number of Topliss-reactive ketones (excluding diaryl/α,β-unsaturated/α-hetero) is 1. The standard InChI is InChI=1S/C15H25N3O2/c1-3-16-18-10-6-14(7-11-18)15(20)17-8-4-13(5-9-17)12(2)19/h4,14,16H,3,5-11H2,1-2H3. The number of piperidine rings is 1. The first kappa shape index (κ1) is 15.2. The first-order chi connectivity index (χ1) is 9.61. The van der Waals surface area contributed by atoms with Gasteiger partial charge >= 0.3 is 0 Å². The van der Waals surface area contributed by atoms with E-state index in [1.807, 2.05) is 11.0 Å². The minimum absolute atomic E-state index is 0.135. The van der Waals surface area contributed by atoms with Gasteiger partial charge in [-0.05, 0) is 31.8 Å². The molecular formula is C15H25N3O2. The summed E-state index contributed by atoms with van der Waals surface area (Å²) in [4.78, 5) is 25.7. The van der Waals surface area contributed by atoms with Crippen molar-refractivity contribution in [3.05, 3.63) is 11.6 Å². The molecular weight excluding hydrogens is 254 g/mol. The highest BCUT2D eigenvalue weighted by molar-refractivity contribution is 5.93. The number of nitrogens with one attached hydrogen (secondary N) is 1. The van der Waals surface area contributed by atoms with E-state index in [9.17, 15) is 9.59 Å². The van der Waals surface area contributed by atoms with Crippen LogP contribution in [0.1, 0.15) is 33.1 Å². The molecule has 0 saturated carbocycles. The van der Waals surface area contributed by atoms with Crippen LogP contribution in [0.25, 0.3) is 0 Å². The van der Waals surface area contributed by atoms with Crippen molar-refractivity contribution in [1.82, 2.24) is 15.3 Å². The molecule has 1 amide bonds.